The summed E-state index contributed by atoms with van der Waals surface area (Å²) in [7, 11) is 0. The molecule has 0 aliphatic rings. The van der Waals surface area contributed by atoms with Gasteiger partial charge in [-0.1, -0.05) is 12.1 Å². The van der Waals surface area contributed by atoms with Crippen LogP contribution in [0, 0.1) is 10.1 Å². The lowest BCUT2D eigenvalue weighted by Crippen LogP contribution is -2.16. The largest absolute Gasteiger partial charge is 0.502 e. The molecule has 0 fully saturated rings. The van der Waals surface area contributed by atoms with Crippen molar-refractivity contribution in [2.75, 3.05) is 6.61 Å². The molecule has 1 atom stereocenters. The van der Waals surface area contributed by atoms with E-state index in [1.807, 2.05) is 0 Å². The molecule has 6 heteroatoms. The minimum absolute atomic E-state index is 0.123. The van der Waals surface area contributed by atoms with E-state index in [1.165, 1.54) is 18.2 Å². The van der Waals surface area contributed by atoms with Gasteiger partial charge in [0.05, 0.1) is 23.1 Å². The summed E-state index contributed by atoms with van der Waals surface area (Å²) in [4.78, 5) is 9.85. The van der Waals surface area contributed by atoms with Crippen LogP contribution in [0.5, 0.6) is 5.75 Å². The van der Waals surface area contributed by atoms with Gasteiger partial charge in [-0.15, -0.1) is 0 Å². The molecular formula is C8H10N2O4. The van der Waals surface area contributed by atoms with Crippen molar-refractivity contribution in [2.45, 2.75) is 6.04 Å². The Balaban J connectivity index is 3.28. The van der Waals surface area contributed by atoms with Gasteiger partial charge in [0.25, 0.3) is 0 Å². The van der Waals surface area contributed by atoms with Crippen molar-refractivity contribution in [2.24, 2.45) is 5.73 Å². The van der Waals surface area contributed by atoms with E-state index >= 15 is 0 Å². The molecule has 0 saturated carbocycles. The molecule has 0 spiro atoms. The summed E-state index contributed by atoms with van der Waals surface area (Å²) in [6.45, 7) is -0.412. The average molecular weight is 198 g/mol. The Morgan fingerprint density at radius 2 is 2.21 bits per heavy atom. The van der Waals surface area contributed by atoms with Gasteiger partial charge in [-0.05, 0) is 6.07 Å². The molecule has 6 nitrogen and oxygen atoms in total. The standard InChI is InChI=1S/C8H10N2O4/c9-6(4-11)5-2-1-3-7(12)8(5)10(13)14/h1-3,6,11-12H,4,9H2/t6-/m1/s1. The number of nitrogens with two attached hydrogens (primary N) is 1. The maximum atomic E-state index is 10.6. The molecule has 0 radical (unpaired) electrons. The van der Waals surface area contributed by atoms with Crippen LogP contribution >= 0.6 is 0 Å². The second kappa shape index (κ2) is 4.03. The van der Waals surface area contributed by atoms with Crippen LogP contribution in [0.3, 0.4) is 0 Å². The SMILES string of the molecule is N[C@H](CO)c1cccc(O)c1[N+](=O)[O-]. The monoisotopic (exact) mass is 198 g/mol. The van der Waals surface area contributed by atoms with Gasteiger partial charge in [0.1, 0.15) is 0 Å². The number of rotatable bonds is 3. The zero-order valence-corrected chi connectivity index (χ0v) is 7.25. The summed E-state index contributed by atoms with van der Waals surface area (Å²) in [5, 5.41) is 28.6. The van der Waals surface area contributed by atoms with Crippen molar-refractivity contribution < 1.29 is 15.1 Å². The average Bonchev–Trinajstić information content (AvgIpc) is 2.15. The first-order valence-electron chi connectivity index (χ1n) is 3.90. The zero-order chi connectivity index (χ0) is 10.7. The van der Waals surface area contributed by atoms with Crippen LogP contribution in [0.4, 0.5) is 5.69 Å². The molecule has 0 aliphatic carbocycles. The van der Waals surface area contributed by atoms with E-state index in [9.17, 15) is 15.2 Å². The third-order valence-corrected chi connectivity index (χ3v) is 1.82. The summed E-state index contributed by atoms with van der Waals surface area (Å²) in [6, 6.07) is 3.18. The number of para-hydroxylation sites is 1. The smallest absolute Gasteiger partial charge is 0.315 e. The van der Waals surface area contributed by atoms with E-state index in [4.69, 9.17) is 10.8 Å². The zero-order valence-electron chi connectivity index (χ0n) is 7.25. The summed E-state index contributed by atoms with van der Waals surface area (Å²) >= 11 is 0. The van der Waals surface area contributed by atoms with Gasteiger partial charge in [0.2, 0.25) is 0 Å². The molecule has 4 N–H and O–H groups in total. The number of phenols is 1. The second-order valence-electron chi connectivity index (χ2n) is 2.76. The van der Waals surface area contributed by atoms with Gasteiger partial charge >= 0.3 is 5.69 Å². The number of aliphatic hydroxyl groups is 1. The van der Waals surface area contributed by atoms with Crippen molar-refractivity contribution in [3.8, 4) is 5.75 Å². The van der Waals surface area contributed by atoms with Crippen LogP contribution < -0.4 is 5.73 Å². The van der Waals surface area contributed by atoms with E-state index < -0.39 is 29.0 Å². The van der Waals surface area contributed by atoms with E-state index in [0.29, 0.717) is 0 Å². The first-order valence-corrected chi connectivity index (χ1v) is 3.90. The Hall–Kier alpha value is -1.66. The maximum absolute atomic E-state index is 10.6. The highest BCUT2D eigenvalue weighted by atomic mass is 16.6. The van der Waals surface area contributed by atoms with E-state index in [2.05, 4.69) is 0 Å². The van der Waals surface area contributed by atoms with Crippen molar-refractivity contribution in [3.05, 3.63) is 33.9 Å². The summed E-state index contributed by atoms with van der Waals surface area (Å²) in [6.07, 6.45) is 0. The van der Waals surface area contributed by atoms with E-state index in [1.54, 1.807) is 0 Å². The number of hydrogen-bond acceptors (Lipinski definition) is 5. The Morgan fingerprint density at radius 1 is 1.57 bits per heavy atom. The molecule has 0 unspecified atom stereocenters. The molecule has 0 saturated heterocycles. The number of benzene rings is 1. The van der Waals surface area contributed by atoms with E-state index in [0.717, 1.165) is 0 Å². The number of aromatic hydroxyl groups is 1. The van der Waals surface area contributed by atoms with Crippen LogP contribution in [0.1, 0.15) is 11.6 Å². The normalized spacial score (nSPS) is 12.4. The third kappa shape index (κ3) is 1.81. The van der Waals surface area contributed by atoms with Gasteiger partial charge in [0, 0.05) is 0 Å². The molecule has 1 rings (SSSR count). The third-order valence-electron chi connectivity index (χ3n) is 1.82. The topological polar surface area (TPSA) is 110 Å². The molecule has 1 aromatic carbocycles. The lowest BCUT2D eigenvalue weighted by Gasteiger charge is -2.09. The molecule has 14 heavy (non-hydrogen) atoms. The minimum Gasteiger partial charge on any atom is -0.502 e. The Bertz CT molecular complexity index is 353. The fraction of sp³-hybridized carbons (Fsp3) is 0.250. The number of aliphatic hydroxyl groups excluding tert-OH is 1. The van der Waals surface area contributed by atoms with Gasteiger partial charge < -0.3 is 15.9 Å². The number of hydrogen-bond donors (Lipinski definition) is 3. The van der Waals surface area contributed by atoms with Gasteiger partial charge in [-0.25, -0.2) is 0 Å². The van der Waals surface area contributed by atoms with Crippen molar-refractivity contribution in [1.29, 1.82) is 0 Å². The first-order chi connectivity index (χ1) is 6.57. The molecule has 0 amide bonds. The van der Waals surface area contributed by atoms with Crippen LogP contribution in [0.2, 0.25) is 0 Å². The van der Waals surface area contributed by atoms with Crippen molar-refractivity contribution >= 4 is 5.69 Å². The lowest BCUT2D eigenvalue weighted by atomic mass is 10.1. The Labute approximate surface area is 79.7 Å². The number of nitro benzene ring substituents is 1. The number of nitrogens with zero attached hydrogens (tertiary/aromatic N) is 1. The van der Waals surface area contributed by atoms with E-state index in [-0.39, 0.29) is 5.56 Å². The molecule has 76 valence electrons. The molecule has 0 heterocycles. The second-order valence-corrected chi connectivity index (χ2v) is 2.76. The van der Waals surface area contributed by atoms with Gasteiger partial charge in [0.15, 0.2) is 5.75 Å². The molecule has 1 aromatic rings. The molecular weight excluding hydrogens is 188 g/mol. The quantitative estimate of drug-likeness (QED) is 0.477. The van der Waals surface area contributed by atoms with Crippen molar-refractivity contribution in [3.63, 3.8) is 0 Å². The predicted molar refractivity (Wildman–Crippen MR) is 48.8 cm³/mol. The maximum Gasteiger partial charge on any atom is 0.315 e. The van der Waals surface area contributed by atoms with Gasteiger partial charge in [-0.2, -0.15) is 0 Å². The van der Waals surface area contributed by atoms with Crippen LogP contribution in [-0.4, -0.2) is 21.7 Å². The molecule has 0 bridgehead atoms. The van der Waals surface area contributed by atoms with Crippen molar-refractivity contribution in [1.82, 2.24) is 0 Å². The van der Waals surface area contributed by atoms with Crippen LogP contribution in [0.25, 0.3) is 0 Å². The number of phenolic OH excluding ortho intramolecular Hbond substituents is 1. The lowest BCUT2D eigenvalue weighted by molar-refractivity contribution is -0.386. The van der Waals surface area contributed by atoms with Crippen LogP contribution in [0.15, 0.2) is 18.2 Å². The minimum atomic E-state index is -0.859. The van der Waals surface area contributed by atoms with Crippen LogP contribution in [-0.2, 0) is 0 Å². The summed E-state index contributed by atoms with van der Waals surface area (Å²) in [5.74, 6) is -0.448. The first kappa shape index (κ1) is 10.4. The molecule has 0 aliphatic heterocycles. The van der Waals surface area contributed by atoms with Gasteiger partial charge in [-0.3, -0.25) is 10.1 Å². The highest BCUT2D eigenvalue weighted by Gasteiger charge is 2.22. The highest BCUT2D eigenvalue weighted by molar-refractivity contribution is 5.53. The number of nitro groups is 1. The Morgan fingerprint density at radius 3 is 2.71 bits per heavy atom. The highest BCUT2D eigenvalue weighted by Crippen LogP contribution is 2.32. The summed E-state index contributed by atoms with van der Waals surface area (Å²) in [5.41, 5.74) is 5.11. The Kier molecular flexibility index (Phi) is 3.00. The predicted octanol–water partition coefficient (Wildman–Crippen LogP) is 0.292. The molecule has 0 aromatic heterocycles. The fourth-order valence-corrected chi connectivity index (χ4v) is 1.15. The fourth-order valence-electron chi connectivity index (χ4n) is 1.15. The summed E-state index contributed by atoms with van der Waals surface area (Å²) < 4.78 is 0.